The van der Waals surface area contributed by atoms with Crippen molar-refractivity contribution >= 4 is 33.3 Å². The van der Waals surface area contributed by atoms with E-state index in [1.165, 1.54) is 30.1 Å². The molecule has 0 spiro atoms. The maximum absolute atomic E-state index is 12.1. The lowest BCUT2D eigenvalue weighted by molar-refractivity contribution is -0.133. The minimum atomic E-state index is -3.07. The number of benzene rings is 1. The van der Waals surface area contributed by atoms with E-state index in [0.29, 0.717) is 11.4 Å². The van der Waals surface area contributed by atoms with Crippen molar-refractivity contribution in [3.63, 3.8) is 0 Å². The van der Waals surface area contributed by atoms with Crippen molar-refractivity contribution in [2.45, 2.75) is 12.5 Å². The van der Waals surface area contributed by atoms with E-state index in [1.807, 2.05) is 0 Å². The molecule has 2 amide bonds. The molecular formula is C14H17ClN2O5S. The van der Waals surface area contributed by atoms with Gasteiger partial charge in [0.1, 0.15) is 5.75 Å². The molecule has 7 nitrogen and oxygen atoms in total. The van der Waals surface area contributed by atoms with Gasteiger partial charge in [-0.1, -0.05) is 11.6 Å². The van der Waals surface area contributed by atoms with Crippen LogP contribution in [0.5, 0.6) is 5.75 Å². The number of hydrogen-bond donors (Lipinski definition) is 1. The third-order valence-corrected chi connectivity index (χ3v) is 5.69. The zero-order valence-corrected chi connectivity index (χ0v) is 14.1. The third-order valence-electron chi connectivity index (χ3n) is 3.71. The Morgan fingerprint density at radius 2 is 2.13 bits per heavy atom. The second kappa shape index (κ2) is 6.76. The number of nitrogens with zero attached hydrogens (tertiary/aromatic N) is 1. The average Bonchev–Trinajstić information content (AvgIpc) is 2.84. The first kappa shape index (κ1) is 17.6. The fourth-order valence-electron chi connectivity index (χ4n) is 2.35. The van der Waals surface area contributed by atoms with Crippen LogP contribution in [0, 0.1) is 0 Å². The molecule has 2 rings (SSSR count). The zero-order valence-electron chi connectivity index (χ0n) is 12.5. The molecule has 2 N–H and O–H groups in total. The number of halogens is 1. The van der Waals surface area contributed by atoms with Gasteiger partial charge >= 0.3 is 0 Å². The fraction of sp³-hybridized carbons (Fsp3) is 0.429. The SMILES string of the molecule is CN(C(=O)COc1ccc(Cl)cc1C(N)=O)[C@@H]1CCS(=O)(=O)C1. The molecule has 0 unspecified atom stereocenters. The Labute approximate surface area is 139 Å². The van der Waals surface area contributed by atoms with E-state index in [4.69, 9.17) is 22.1 Å². The summed E-state index contributed by atoms with van der Waals surface area (Å²) < 4.78 is 28.3. The van der Waals surface area contributed by atoms with E-state index in [1.54, 1.807) is 0 Å². The van der Waals surface area contributed by atoms with Crippen LogP contribution in [-0.2, 0) is 14.6 Å². The van der Waals surface area contributed by atoms with E-state index in [-0.39, 0.29) is 41.4 Å². The summed E-state index contributed by atoms with van der Waals surface area (Å²) in [6, 6.07) is 3.98. The third kappa shape index (κ3) is 4.35. The summed E-state index contributed by atoms with van der Waals surface area (Å²) in [5.41, 5.74) is 5.32. The van der Waals surface area contributed by atoms with Gasteiger partial charge in [-0.2, -0.15) is 0 Å². The molecule has 1 aromatic rings. The lowest BCUT2D eigenvalue weighted by Gasteiger charge is -2.23. The Kier molecular flexibility index (Phi) is 5.16. The molecule has 0 bridgehead atoms. The van der Waals surface area contributed by atoms with Gasteiger partial charge in [-0.25, -0.2) is 8.42 Å². The maximum atomic E-state index is 12.1. The summed E-state index contributed by atoms with van der Waals surface area (Å²) in [4.78, 5) is 24.8. The van der Waals surface area contributed by atoms with Crippen LogP contribution in [0.15, 0.2) is 18.2 Å². The highest BCUT2D eigenvalue weighted by Gasteiger charge is 2.32. The quantitative estimate of drug-likeness (QED) is 0.821. The first-order valence-corrected chi connectivity index (χ1v) is 9.08. The zero-order chi connectivity index (χ0) is 17.2. The van der Waals surface area contributed by atoms with Gasteiger partial charge in [0.2, 0.25) is 0 Å². The van der Waals surface area contributed by atoms with Crippen LogP contribution in [-0.4, -0.2) is 56.3 Å². The lowest BCUT2D eigenvalue weighted by Crippen LogP contribution is -2.40. The molecular weight excluding hydrogens is 344 g/mol. The Morgan fingerprint density at radius 1 is 1.43 bits per heavy atom. The number of ether oxygens (including phenoxy) is 1. The van der Waals surface area contributed by atoms with Crippen LogP contribution < -0.4 is 10.5 Å². The Balaban J connectivity index is 2.01. The number of primary amides is 1. The second-order valence-electron chi connectivity index (χ2n) is 5.35. The summed E-state index contributed by atoms with van der Waals surface area (Å²) in [7, 11) is -1.54. The number of hydrogen-bond acceptors (Lipinski definition) is 5. The molecule has 0 aromatic heterocycles. The summed E-state index contributed by atoms with van der Waals surface area (Å²) in [5, 5.41) is 0.325. The molecule has 1 aromatic carbocycles. The van der Waals surface area contributed by atoms with Crippen molar-refractivity contribution in [2.75, 3.05) is 25.2 Å². The predicted octanol–water partition coefficient (Wildman–Crippen LogP) is 0.463. The highest BCUT2D eigenvalue weighted by Crippen LogP contribution is 2.23. The van der Waals surface area contributed by atoms with Crippen molar-refractivity contribution in [2.24, 2.45) is 5.73 Å². The first-order valence-electron chi connectivity index (χ1n) is 6.88. The highest BCUT2D eigenvalue weighted by atomic mass is 35.5. The van der Waals surface area contributed by atoms with E-state index in [0.717, 1.165) is 0 Å². The molecule has 0 aliphatic carbocycles. The molecule has 1 saturated heterocycles. The fourth-order valence-corrected chi connectivity index (χ4v) is 4.29. The minimum absolute atomic E-state index is 0.0390. The number of carbonyl (C=O) groups is 2. The first-order chi connectivity index (χ1) is 10.7. The van der Waals surface area contributed by atoms with E-state index in [2.05, 4.69) is 0 Å². The number of nitrogens with two attached hydrogens (primary N) is 1. The van der Waals surface area contributed by atoms with Gasteiger partial charge in [-0.05, 0) is 24.6 Å². The van der Waals surface area contributed by atoms with Crippen molar-refractivity contribution in [3.8, 4) is 5.75 Å². The molecule has 1 fully saturated rings. The topological polar surface area (TPSA) is 107 Å². The van der Waals surface area contributed by atoms with Crippen LogP contribution in [0.4, 0.5) is 0 Å². The van der Waals surface area contributed by atoms with Crippen molar-refractivity contribution in [1.29, 1.82) is 0 Å². The largest absolute Gasteiger partial charge is 0.483 e. The summed E-state index contributed by atoms with van der Waals surface area (Å²) in [5.74, 6) is -0.896. The van der Waals surface area contributed by atoms with E-state index in [9.17, 15) is 18.0 Å². The van der Waals surface area contributed by atoms with E-state index < -0.39 is 15.7 Å². The Morgan fingerprint density at radius 3 is 2.70 bits per heavy atom. The smallest absolute Gasteiger partial charge is 0.260 e. The van der Waals surface area contributed by atoms with E-state index >= 15 is 0 Å². The Hall–Kier alpha value is -1.80. The maximum Gasteiger partial charge on any atom is 0.260 e. The number of rotatable bonds is 5. The van der Waals surface area contributed by atoms with Gasteiger partial charge in [0.05, 0.1) is 17.1 Å². The van der Waals surface area contributed by atoms with Crippen molar-refractivity contribution in [3.05, 3.63) is 28.8 Å². The van der Waals surface area contributed by atoms with Gasteiger partial charge in [-0.3, -0.25) is 9.59 Å². The predicted molar refractivity (Wildman–Crippen MR) is 85.3 cm³/mol. The molecule has 1 aliphatic heterocycles. The average molecular weight is 361 g/mol. The highest BCUT2D eigenvalue weighted by molar-refractivity contribution is 7.91. The second-order valence-corrected chi connectivity index (χ2v) is 8.02. The molecule has 0 saturated carbocycles. The number of carbonyl (C=O) groups excluding carboxylic acids is 2. The standard InChI is InChI=1S/C14H17ClN2O5S/c1-17(10-4-5-23(20,21)8-10)13(18)7-22-12-3-2-9(15)6-11(12)14(16)19/h2-3,6,10H,4-5,7-8H2,1H3,(H2,16,19)/t10-/m1/s1. The van der Waals surface area contributed by atoms with Crippen LogP contribution in [0.3, 0.4) is 0 Å². The van der Waals surface area contributed by atoms with Crippen molar-refractivity contribution < 1.29 is 22.7 Å². The number of sulfone groups is 1. The van der Waals surface area contributed by atoms with Gasteiger partial charge in [0.15, 0.2) is 16.4 Å². The van der Waals surface area contributed by atoms with Crippen LogP contribution >= 0.6 is 11.6 Å². The van der Waals surface area contributed by atoms with Crippen LogP contribution in [0.2, 0.25) is 5.02 Å². The van der Waals surface area contributed by atoms with Gasteiger partial charge < -0.3 is 15.4 Å². The monoisotopic (exact) mass is 360 g/mol. The van der Waals surface area contributed by atoms with Gasteiger partial charge in [0.25, 0.3) is 11.8 Å². The van der Waals surface area contributed by atoms with Crippen molar-refractivity contribution in [1.82, 2.24) is 4.90 Å². The van der Waals surface area contributed by atoms with Crippen LogP contribution in [0.25, 0.3) is 0 Å². The normalized spacial score (nSPS) is 19.3. The van der Waals surface area contributed by atoms with Gasteiger partial charge in [0, 0.05) is 18.1 Å². The molecule has 9 heteroatoms. The Bertz CT molecular complexity index is 735. The molecule has 1 aliphatic rings. The number of likely N-dealkylation sites (N-methyl/N-ethyl adjacent to an activating group) is 1. The number of amides is 2. The molecule has 1 atom stereocenters. The summed E-state index contributed by atoms with van der Waals surface area (Å²) in [6.07, 6.45) is 0.415. The van der Waals surface area contributed by atoms with Crippen LogP contribution in [0.1, 0.15) is 16.8 Å². The molecule has 126 valence electrons. The molecule has 1 heterocycles. The molecule has 0 radical (unpaired) electrons. The van der Waals surface area contributed by atoms with Gasteiger partial charge in [-0.15, -0.1) is 0 Å². The lowest BCUT2D eigenvalue weighted by atomic mass is 10.2. The minimum Gasteiger partial charge on any atom is -0.483 e. The summed E-state index contributed by atoms with van der Waals surface area (Å²) >= 11 is 5.79. The summed E-state index contributed by atoms with van der Waals surface area (Å²) in [6.45, 7) is -0.324. The molecule has 23 heavy (non-hydrogen) atoms.